The Morgan fingerprint density at radius 3 is 2.45 bits per heavy atom. The van der Waals surface area contributed by atoms with Crippen LogP contribution in [0.3, 0.4) is 0 Å². The van der Waals surface area contributed by atoms with E-state index < -0.39 is 11.7 Å². The predicted octanol–water partition coefficient (Wildman–Crippen LogP) is 3.43. The molecule has 2 atom stereocenters. The molecule has 0 unspecified atom stereocenters. The summed E-state index contributed by atoms with van der Waals surface area (Å²) >= 11 is 0. The number of alkyl halides is 3. The lowest BCUT2D eigenvalue weighted by atomic mass is 9.87. The molecular formula is C15H19F3N2. The molecule has 3 rings (SSSR count). The molecule has 1 aliphatic heterocycles. The minimum Gasteiger partial charge on any atom is -0.366 e. The Morgan fingerprint density at radius 1 is 1.05 bits per heavy atom. The van der Waals surface area contributed by atoms with Crippen molar-refractivity contribution in [3.8, 4) is 0 Å². The Balaban J connectivity index is 1.80. The number of benzene rings is 1. The molecule has 1 aliphatic carbocycles. The molecular weight excluding hydrogens is 265 g/mol. The molecule has 2 aliphatic rings. The molecule has 20 heavy (non-hydrogen) atoms. The van der Waals surface area contributed by atoms with Crippen LogP contribution < -0.4 is 10.2 Å². The van der Waals surface area contributed by atoms with Crippen LogP contribution in [0.25, 0.3) is 0 Å². The van der Waals surface area contributed by atoms with Crippen molar-refractivity contribution in [3.63, 3.8) is 0 Å². The highest BCUT2D eigenvalue weighted by Gasteiger charge is 2.34. The largest absolute Gasteiger partial charge is 0.416 e. The van der Waals surface area contributed by atoms with E-state index in [9.17, 15) is 13.2 Å². The molecule has 5 heteroatoms. The summed E-state index contributed by atoms with van der Waals surface area (Å²) in [7, 11) is 0. The molecule has 0 amide bonds. The molecule has 1 aromatic carbocycles. The maximum absolute atomic E-state index is 12.6. The van der Waals surface area contributed by atoms with Gasteiger partial charge in [-0.15, -0.1) is 0 Å². The number of hydrogen-bond acceptors (Lipinski definition) is 2. The Bertz CT molecular complexity index is 453. The van der Waals surface area contributed by atoms with Gasteiger partial charge in [-0.1, -0.05) is 12.8 Å². The van der Waals surface area contributed by atoms with E-state index in [1.165, 1.54) is 31.4 Å². The van der Waals surface area contributed by atoms with Gasteiger partial charge in [-0.25, -0.2) is 0 Å². The van der Waals surface area contributed by atoms with Gasteiger partial charge in [0.2, 0.25) is 0 Å². The highest BCUT2D eigenvalue weighted by Crippen LogP contribution is 2.33. The fraction of sp³-hybridized carbons (Fsp3) is 0.600. The molecule has 1 saturated heterocycles. The zero-order valence-electron chi connectivity index (χ0n) is 11.3. The molecule has 110 valence electrons. The molecule has 1 heterocycles. The first-order valence-electron chi connectivity index (χ1n) is 7.23. The highest BCUT2D eigenvalue weighted by atomic mass is 19.4. The second kappa shape index (κ2) is 5.28. The van der Waals surface area contributed by atoms with Gasteiger partial charge in [0.15, 0.2) is 0 Å². The first-order valence-corrected chi connectivity index (χ1v) is 7.23. The van der Waals surface area contributed by atoms with Crippen molar-refractivity contribution in [2.75, 3.05) is 18.0 Å². The highest BCUT2D eigenvalue weighted by molar-refractivity contribution is 5.50. The summed E-state index contributed by atoms with van der Waals surface area (Å²) in [6, 6.07) is 6.51. The topological polar surface area (TPSA) is 15.3 Å². The van der Waals surface area contributed by atoms with Crippen molar-refractivity contribution in [2.45, 2.75) is 43.9 Å². The Morgan fingerprint density at radius 2 is 1.75 bits per heavy atom. The minimum absolute atomic E-state index is 0.425. The van der Waals surface area contributed by atoms with E-state index in [1.54, 1.807) is 12.1 Å². The van der Waals surface area contributed by atoms with Crippen molar-refractivity contribution < 1.29 is 13.2 Å². The third-order valence-corrected chi connectivity index (χ3v) is 4.42. The second-order valence-corrected chi connectivity index (χ2v) is 5.65. The zero-order chi connectivity index (χ0) is 14.2. The second-order valence-electron chi connectivity index (χ2n) is 5.65. The van der Waals surface area contributed by atoms with Crippen molar-refractivity contribution >= 4 is 5.69 Å². The fourth-order valence-corrected chi connectivity index (χ4v) is 3.42. The molecule has 2 nitrogen and oxygen atoms in total. The summed E-state index contributed by atoms with van der Waals surface area (Å²) in [6.45, 7) is 1.77. The van der Waals surface area contributed by atoms with Gasteiger partial charge in [-0.3, -0.25) is 0 Å². The number of piperazine rings is 1. The maximum atomic E-state index is 12.6. The summed E-state index contributed by atoms with van der Waals surface area (Å²) in [5.41, 5.74) is 0.341. The number of nitrogens with zero attached hydrogens (tertiary/aromatic N) is 1. The molecule has 2 fully saturated rings. The summed E-state index contributed by atoms with van der Waals surface area (Å²) in [5.74, 6) is 0. The molecule has 0 spiro atoms. The van der Waals surface area contributed by atoms with Crippen LogP contribution in [0.4, 0.5) is 18.9 Å². The summed E-state index contributed by atoms with van der Waals surface area (Å²) in [6.07, 6.45) is 0.491. The van der Waals surface area contributed by atoms with Gasteiger partial charge in [-0.2, -0.15) is 13.2 Å². The van der Waals surface area contributed by atoms with Crippen LogP contribution in [0.5, 0.6) is 0 Å². The lowest BCUT2D eigenvalue weighted by Crippen LogP contribution is -2.59. The first-order chi connectivity index (χ1) is 9.55. The smallest absolute Gasteiger partial charge is 0.366 e. The maximum Gasteiger partial charge on any atom is 0.416 e. The Hall–Kier alpha value is -1.23. The molecule has 1 N–H and O–H groups in total. The SMILES string of the molecule is FC(F)(F)c1ccc(N2CCN[C@H]3CCCC[C@@H]32)cc1. The standard InChI is InChI=1S/C15H19F3N2/c16-15(17,18)11-5-7-12(8-6-11)20-10-9-19-13-3-1-2-4-14(13)20/h5-8,13-14,19H,1-4,9-10H2/t13-,14-/m0/s1. The van der Waals surface area contributed by atoms with E-state index in [-0.39, 0.29) is 0 Å². The van der Waals surface area contributed by atoms with Crippen LogP contribution >= 0.6 is 0 Å². The van der Waals surface area contributed by atoms with Gasteiger partial charge in [-0.05, 0) is 37.1 Å². The van der Waals surface area contributed by atoms with E-state index in [2.05, 4.69) is 10.2 Å². The summed E-state index contributed by atoms with van der Waals surface area (Å²) in [4.78, 5) is 2.28. The number of nitrogens with one attached hydrogen (secondary N) is 1. The third kappa shape index (κ3) is 2.64. The van der Waals surface area contributed by atoms with E-state index >= 15 is 0 Å². The zero-order valence-corrected chi connectivity index (χ0v) is 11.3. The molecule has 0 radical (unpaired) electrons. The van der Waals surface area contributed by atoms with Crippen molar-refractivity contribution in [1.29, 1.82) is 0 Å². The van der Waals surface area contributed by atoms with Crippen LogP contribution in [0.15, 0.2) is 24.3 Å². The normalized spacial score (nSPS) is 27.2. The lowest BCUT2D eigenvalue weighted by molar-refractivity contribution is -0.137. The Kier molecular flexibility index (Phi) is 3.63. The minimum atomic E-state index is -4.25. The third-order valence-electron chi connectivity index (χ3n) is 4.42. The van der Waals surface area contributed by atoms with Gasteiger partial charge < -0.3 is 10.2 Å². The van der Waals surface area contributed by atoms with Crippen LogP contribution in [0.2, 0.25) is 0 Å². The van der Waals surface area contributed by atoms with Gasteiger partial charge in [0.25, 0.3) is 0 Å². The lowest BCUT2D eigenvalue weighted by Gasteiger charge is -2.46. The number of hydrogen-bond donors (Lipinski definition) is 1. The number of anilines is 1. The van der Waals surface area contributed by atoms with Crippen LogP contribution in [-0.4, -0.2) is 25.2 Å². The van der Waals surface area contributed by atoms with Gasteiger partial charge in [0, 0.05) is 30.9 Å². The number of fused-ring (bicyclic) bond motifs is 1. The van der Waals surface area contributed by atoms with E-state index in [0.717, 1.165) is 25.2 Å². The molecule has 0 bridgehead atoms. The molecule has 0 aromatic heterocycles. The summed E-state index contributed by atoms with van der Waals surface area (Å²) in [5, 5.41) is 3.53. The van der Waals surface area contributed by atoms with Crippen LogP contribution in [0, 0.1) is 0 Å². The first kappa shape index (κ1) is 13.7. The van der Waals surface area contributed by atoms with Gasteiger partial charge in [0.05, 0.1) is 5.56 Å². The van der Waals surface area contributed by atoms with E-state index in [0.29, 0.717) is 12.1 Å². The number of halogens is 3. The van der Waals surface area contributed by atoms with Crippen LogP contribution in [0.1, 0.15) is 31.2 Å². The number of rotatable bonds is 1. The average molecular weight is 284 g/mol. The summed E-state index contributed by atoms with van der Waals surface area (Å²) < 4.78 is 37.8. The predicted molar refractivity (Wildman–Crippen MR) is 72.8 cm³/mol. The van der Waals surface area contributed by atoms with Crippen molar-refractivity contribution in [2.24, 2.45) is 0 Å². The average Bonchev–Trinajstić information content (AvgIpc) is 2.46. The van der Waals surface area contributed by atoms with E-state index in [4.69, 9.17) is 0 Å². The van der Waals surface area contributed by atoms with Crippen molar-refractivity contribution in [1.82, 2.24) is 5.32 Å². The molecule has 1 saturated carbocycles. The van der Waals surface area contributed by atoms with Gasteiger partial charge in [0.1, 0.15) is 0 Å². The van der Waals surface area contributed by atoms with Crippen LogP contribution in [-0.2, 0) is 6.18 Å². The van der Waals surface area contributed by atoms with Gasteiger partial charge >= 0.3 is 6.18 Å². The molecule has 1 aromatic rings. The Labute approximate surface area is 117 Å². The fourth-order valence-electron chi connectivity index (χ4n) is 3.42. The van der Waals surface area contributed by atoms with Crippen molar-refractivity contribution in [3.05, 3.63) is 29.8 Å². The quantitative estimate of drug-likeness (QED) is 0.850. The van der Waals surface area contributed by atoms with E-state index in [1.807, 2.05) is 0 Å². The monoisotopic (exact) mass is 284 g/mol.